The lowest BCUT2D eigenvalue weighted by atomic mass is 10.1. The number of methoxy groups -OCH3 is 1. The molecule has 0 aliphatic rings. The number of aromatic nitrogens is 2. The van der Waals surface area contributed by atoms with E-state index in [4.69, 9.17) is 4.74 Å². The lowest BCUT2D eigenvalue weighted by Crippen LogP contribution is -2.25. The third-order valence-corrected chi connectivity index (χ3v) is 4.80. The summed E-state index contributed by atoms with van der Waals surface area (Å²) in [7, 11) is 1.64. The number of hydrogen-bond acceptors (Lipinski definition) is 5. The maximum absolute atomic E-state index is 12.6. The first kappa shape index (κ1) is 19.4. The molecule has 0 radical (unpaired) electrons. The molecule has 2 heterocycles. The van der Waals surface area contributed by atoms with E-state index in [0.29, 0.717) is 23.7 Å². The predicted molar refractivity (Wildman–Crippen MR) is 118 cm³/mol. The molecule has 0 fully saturated rings. The van der Waals surface area contributed by atoms with Gasteiger partial charge in [0, 0.05) is 29.9 Å². The maximum atomic E-state index is 12.6. The van der Waals surface area contributed by atoms with E-state index in [9.17, 15) is 4.79 Å². The zero-order chi connectivity index (χ0) is 20.8. The van der Waals surface area contributed by atoms with Crippen molar-refractivity contribution in [3.63, 3.8) is 0 Å². The number of ether oxygens (including phenoxy) is 1. The number of hydrogen-bond donors (Lipinski definition) is 2. The second-order valence-electron chi connectivity index (χ2n) is 6.79. The van der Waals surface area contributed by atoms with E-state index in [1.807, 2.05) is 54.6 Å². The summed E-state index contributed by atoms with van der Waals surface area (Å²) in [5.74, 6) is 1.96. The van der Waals surface area contributed by atoms with E-state index >= 15 is 0 Å². The highest BCUT2D eigenvalue weighted by atomic mass is 16.5. The summed E-state index contributed by atoms with van der Waals surface area (Å²) in [6.07, 6.45) is 4.11. The molecule has 2 aromatic heterocycles. The number of rotatable bonds is 7. The molecule has 4 rings (SSSR count). The van der Waals surface area contributed by atoms with Gasteiger partial charge in [-0.2, -0.15) is 0 Å². The third-order valence-electron chi connectivity index (χ3n) is 4.80. The fourth-order valence-electron chi connectivity index (χ4n) is 3.20. The second kappa shape index (κ2) is 9.05. The van der Waals surface area contributed by atoms with Crippen molar-refractivity contribution in [2.24, 2.45) is 0 Å². The summed E-state index contributed by atoms with van der Waals surface area (Å²) in [5.41, 5.74) is 1.68. The van der Waals surface area contributed by atoms with Gasteiger partial charge in [0.2, 0.25) is 0 Å². The van der Waals surface area contributed by atoms with Crippen LogP contribution in [-0.2, 0) is 6.42 Å². The summed E-state index contributed by atoms with van der Waals surface area (Å²) in [6.45, 7) is 0.543. The van der Waals surface area contributed by atoms with E-state index in [0.717, 1.165) is 28.5 Å². The zero-order valence-corrected chi connectivity index (χ0v) is 16.6. The smallest absolute Gasteiger partial charge is 0.251 e. The quantitative estimate of drug-likeness (QED) is 0.484. The van der Waals surface area contributed by atoms with Crippen molar-refractivity contribution < 1.29 is 9.53 Å². The fourth-order valence-corrected chi connectivity index (χ4v) is 3.20. The van der Waals surface area contributed by atoms with Gasteiger partial charge in [-0.1, -0.05) is 36.4 Å². The number of nitrogens with zero attached hydrogens (tertiary/aromatic N) is 2. The van der Waals surface area contributed by atoms with Crippen LogP contribution < -0.4 is 15.4 Å². The van der Waals surface area contributed by atoms with Crippen LogP contribution >= 0.6 is 0 Å². The zero-order valence-electron chi connectivity index (χ0n) is 16.6. The Hall–Kier alpha value is -3.93. The summed E-state index contributed by atoms with van der Waals surface area (Å²) in [5, 5.41) is 8.26. The van der Waals surface area contributed by atoms with Gasteiger partial charge in [-0.05, 0) is 47.7 Å². The van der Waals surface area contributed by atoms with Gasteiger partial charge in [-0.25, -0.2) is 9.97 Å². The molecule has 6 heteroatoms. The molecule has 0 saturated carbocycles. The summed E-state index contributed by atoms with van der Waals surface area (Å²) >= 11 is 0. The molecule has 4 aromatic rings. The molecule has 0 aliphatic carbocycles. The molecule has 2 N–H and O–H groups in total. The number of carbonyl (C=O) groups is 1. The number of anilines is 2. The van der Waals surface area contributed by atoms with E-state index < -0.39 is 0 Å². The molecule has 2 aromatic carbocycles. The molecule has 0 bridgehead atoms. The van der Waals surface area contributed by atoms with E-state index in [2.05, 4.69) is 20.6 Å². The molecule has 0 aliphatic heterocycles. The Morgan fingerprint density at radius 2 is 1.77 bits per heavy atom. The highest BCUT2D eigenvalue weighted by Gasteiger charge is 2.08. The number of pyridine rings is 2. The van der Waals surface area contributed by atoms with Gasteiger partial charge in [-0.3, -0.25) is 4.79 Å². The van der Waals surface area contributed by atoms with Gasteiger partial charge in [-0.15, -0.1) is 0 Å². The van der Waals surface area contributed by atoms with Gasteiger partial charge >= 0.3 is 0 Å². The Kier molecular flexibility index (Phi) is 5.85. The molecular formula is C24H22N4O2. The molecular weight excluding hydrogens is 376 g/mol. The Morgan fingerprint density at radius 3 is 2.60 bits per heavy atom. The average Bonchev–Trinajstić information content (AvgIpc) is 2.80. The van der Waals surface area contributed by atoms with E-state index in [1.165, 1.54) is 0 Å². The molecule has 6 nitrogen and oxygen atoms in total. The molecule has 0 spiro atoms. The number of nitrogens with one attached hydrogen (secondary N) is 2. The van der Waals surface area contributed by atoms with Crippen LogP contribution in [0.5, 0.6) is 5.75 Å². The van der Waals surface area contributed by atoms with Crippen molar-refractivity contribution in [1.82, 2.24) is 15.3 Å². The Morgan fingerprint density at radius 1 is 0.967 bits per heavy atom. The predicted octanol–water partition coefficient (Wildman–Crippen LogP) is 4.35. The third kappa shape index (κ3) is 4.55. The highest BCUT2D eigenvalue weighted by molar-refractivity contribution is 5.96. The normalized spacial score (nSPS) is 10.6. The van der Waals surface area contributed by atoms with E-state index in [-0.39, 0.29) is 5.91 Å². The van der Waals surface area contributed by atoms with Crippen LogP contribution in [0.3, 0.4) is 0 Å². The van der Waals surface area contributed by atoms with Gasteiger partial charge in [0.25, 0.3) is 5.91 Å². The monoisotopic (exact) mass is 398 g/mol. The number of amides is 1. The van der Waals surface area contributed by atoms with Gasteiger partial charge in [0.05, 0.1) is 7.11 Å². The SMILES string of the molecule is COc1ccc(CCNC(=O)c2ccnc(Nc3nccc4ccccc34)c2)cc1. The van der Waals surface area contributed by atoms with Gasteiger partial charge in [0.15, 0.2) is 0 Å². The maximum Gasteiger partial charge on any atom is 0.251 e. The van der Waals surface area contributed by atoms with Crippen LogP contribution in [-0.4, -0.2) is 29.5 Å². The standard InChI is InChI=1S/C24H22N4O2/c1-30-20-8-6-17(7-9-20)10-13-27-24(29)19-12-14-25-22(16-19)28-23-21-5-3-2-4-18(21)11-15-26-23/h2-9,11-12,14-16H,10,13H2,1H3,(H,27,29)(H,25,26,28). The van der Waals surface area contributed by atoms with Crippen molar-refractivity contribution in [2.45, 2.75) is 6.42 Å². The van der Waals surface area contributed by atoms with Crippen LogP contribution in [0.25, 0.3) is 10.8 Å². The summed E-state index contributed by atoms with van der Waals surface area (Å²) in [4.78, 5) is 21.3. The summed E-state index contributed by atoms with van der Waals surface area (Å²) < 4.78 is 5.16. The molecule has 0 atom stereocenters. The molecule has 30 heavy (non-hydrogen) atoms. The van der Waals surface area contributed by atoms with Crippen LogP contribution in [0, 0.1) is 0 Å². The topological polar surface area (TPSA) is 76.1 Å². The molecule has 0 unspecified atom stereocenters. The van der Waals surface area contributed by atoms with Crippen LogP contribution in [0.2, 0.25) is 0 Å². The fraction of sp³-hybridized carbons (Fsp3) is 0.125. The molecule has 1 amide bonds. The minimum absolute atomic E-state index is 0.139. The van der Waals surface area contributed by atoms with Crippen LogP contribution in [0.1, 0.15) is 15.9 Å². The molecule has 0 saturated heterocycles. The second-order valence-corrected chi connectivity index (χ2v) is 6.79. The minimum atomic E-state index is -0.139. The molecule has 150 valence electrons. The first-order chi connectivity index (χ1) is 14.7. The van der Waals surface area contributed by atoms with Gasteiger partial charge in [0.1, 0.15) is 17.4 Å². The Bertz CT molecular complexity index is 1150. The Balaban J connectivity index is 1.40. The highest BCUT2D eigenvalue weighted by Crippen LogP contribution is 2.23. The number of benzene rings is 2. The Labute approximate surface area is 175 Å². The first-order valence-electron chi connectivity index (χ1n) is 9.71. The number of fused-ring (bicyclic) bond motifs is 1. The lowest BCUT2D eigenvalue weighted by Gasteiger charge is -2.10. The van der Waals surface area contributed by atoms with Gasteiger partial charge < -0.3 is 15.4 Å². The van der Waals surface area contributed by atoms with Crippen LogP contribution in [0.4, 0.5) is 11.6 Å². The van der Waals surface area contributed by atoms with E-state index in [1.54, 1.807) is 31.6 Å². The lowest BCUT2D eigenvalue weighted by molar-refractivity contribution is 0.0954. The van der Waals surface area contributed by atoms with Crippen molar-refractivity contribution in [3.05, 3.63) is 90.3 Å². The number of carbonyl (C=O) groups excluding carboxylic acids is 1. The van der Waals surface area contributed by atoms with Crippen molar-refractivity contribution in [1.29, 1.82) is 0 Å². The first-order valence-corrected chi connectivity index (χ1v) is 9.71. The van der Waals surface area contributed by atoms with Crippen molar-refractivity contribution in [3.8, 4) is 5.75 Å². The summed E-state index contributed by atoms with van der Waals surface area (Å²) in [6, 6.07) is 21.2. The average molecular weight is 398 g/mol. The van der Waals surface area contributed by atoms with Crippen molar-refractivity contribution >= 4 is 28.3 Å². The van der Waals surface area contributed by atoms with Crippen molar-refractivity contribution in [2.75, 3.05) is 19.0 Å². The van der Waals surface area contributed by atoms with Crippen LogP contribution in [0.15, 0.2) is 79.1 Å². The minimum Gasteiger partial charge on any atom is -0.497 e. The largest absolute Gasteiger partial charge is 0.497 e.